The molecule has 0 fully saturated rings. The monoisotopic (exact) mass is 398 g/mol. The van der Waals surface area contributed by atoms with Crippen molar-refractivity contribution in [1.82, 2.24) is 0 Å². The molecular formula is C27H26O3. The molecule has 152 valence electrons. The number of fused-ring (bicyclic) bond motifs is 1. The highest BCUT2D eigenvalue weighted by atomic mass is 16.5. The van der Waals surface area contributed by atoms with Crippen LogP contribution in [0.4, 0.5) is 0 Å². The summed E-state index contributed by atoms with van der Waals surface area (Å²) in [6, 6.07) is 19.7. The first kappa shape index (κ1) is 21.3. The van der Waals surface area contributed by atoms with Gasteiger partial charge in [-0.3, -0.25) is 4.79 Å². The number of allylic oxidation sites excluding steroid dienone is 2. The minimum absolute atomic E-state index is 0.382. The van der Waals surface area contributed by atoms with Gasteiger partial charge in [-0.25, -0.2) is 4.79 Å². The topological polar surface area (TPSA) is 43.4 Å². The molecule has 0 saturated heterocycles. The lowest BCUT2D eigenvalue weighted by molar-refractivity contribution is -0.137. The van der Waals surface area contributed by atoms with E-state index in [1.807, 2.05) is 80.6 Å². The van der Waals surface area contributed by atoms with Crippen LogP contribution in [-0.2, 0) is 9.53 Å². The molecule has 30 heavy (non-hydrogen) atoms. The fraction of sp³-hybridized carbons (Fsp3) is 0.185. The van der Waals surface area contributed by atoms with E-state index in [0.29, 0.717) is 12.2 Å². The number of hydrogen-bond donors (Lipinski definition) is 0. The average molecular weight is 399 g/mol. The van der Waals surface area contributed by atoms with E-state index in [4.69, 9.17) is 4.74 Å². The fourth-order valence-electron chi connectivity index (χ4n) is 3.35. The Balaban J connectivity index is 2.13. The Morgan fingerprint density at radius 1 is 0.933 bits per heavy atom. The third-order valence-electron chi connectivity index (χ3n) is 5.02. The molecule has 0 saturated carbocycles. The van der Waals surface area contributed by atoms with Gasteiger partial charge in [0, 0.05) is 17.2 Å². The van der Waals surface area contributed by atoms with Crippen LogP contribution in [0, 0.1) is 6.92 Å². The van der Waals surface area contributed by atoms with Gasteiger partial charge >= 0.3 is 5.97 Å². The number of hydrogen-bond acceptors (Lipinski definition) is 3. The number of aldehydes is 1. The van der Waals surface area contributed by atoms with Crippen molar-refractivity contribution < 1.29 is 14.3 Å². The number of esters is 1. The Kier molecular flexibility index (Phi) is 7.34. The van der Waals surface area contributed by atoms with Crippen LogP contribution in [0.15, 0.2) is 72.8 Å². The third kappa shape index (κ3) is 5.12. The maximum absolute atomic E-state index is 12.2. The molecule has 0 heterocycles. The Bertz CT molecular complexity index is 1110. The number of unbranched alkanes of at least 4 members (excludes halogenated alkanes) is 1. The number of ether oxygens (including phenoxy) is 1. The highest BCUT2D eigenvalue weighted by Crippen LogP contribution is 2.31. The number of benzene rings is 3. The molecule has 3 aromatic carbocycles. The van der Waals surface area contributed by atoms with Gasteiger partial charge < -0.3 is 4.74 Å². The van der Waals surface area contributed by atoms with Crippen LogP contribution in [0.1, 0.15) is 46.8 Å². The van der Waals surface area contributed by atoms with Crippen LogP contribution in [0.25, 0.3) is 22.4 Å². The normalized spacial score (nSPS) is 11.7. The number of aryl methyl sites for hydroxylation is 1. The van der Waals surface area contributed by atoms with Crippen LogP contribution >= 0.6 is 0 Å². The van der Waals surface area contributed by atoms with Crippen molar-refractivity contribution in [2.24, 2.45) is 0 Å². The molecular weight excluding hydrogens is 372 g/mol. The van der Waals surface area contributed by atoms with Gasteiger partial charge in [-0.2, -0.15) is 0 Å². The van der Waals surface area contributed by atoms with Crippen molar-refractivity contribution >= 4 is 34.7 Å². The molecule has 0 aliphatic carbocycles. The Labute approximate surface area is 177 Å². The van der Waals surface area contributed by atoms with Crippen LogP contribution in [0.2, 0.25) is 0 Å². The first-order valence-electron chi connectivity index (χ1n) is 10.2. The molecule has 0 aliphatic heterocycles. The summed E-state index contributed by atoms with van der Waals surface area (Å²) in [6.07, 6.45) is 7.87. The van der Waals surface area contributed by atoms with Crippen molar-refractivity contribution in [2.45, 2.75) is 26.7 Å². The molecule has 0 amide bonds. The molecule has 0 aromatic heterocycles. The minimum Gasteiger partial charge on any atom is -0.463 e. The second-order valence-electron chi connectivity index (χ2n) is 7.18. The minimum atomic E-state index is -0.382. The molecule has 3 heteroatoms. The quantitative estimate of drug-likeness (QED) is 0.110. The predicted molar refractivity (Wildman–Crippen MR) is 123 cm³/mol. The summed E-state index contributed by atoms with van der Waals surface area (Å²) in [5.41, 5.74) is 4.32. The van der Waals surface area contributed by atoms with E-state index in [2.05, 4.69) is 0 Å². The lowest BCUT2D eigenvalue weighted by Gasteiger charge is -2.12. The molecule has 0 radical (unpaired) electrons. The zero-order valence-corrected chi connectivity index (χ0v) is 17.4. The van der Waals surface area contributed by atoms with Gasteiger partial charge in [-0.15, -0.1) is 0 Å². The van der Waals surface area contributed by atoms with Crippen LogP contribution in [-0.4, -0.2) is 18.9 Å². The molecule has 0 unspecified atom stereocenters. The molecule has 0 atom stereocenters. The molecule has 3 nitrogen and oxygen atoms in total. The summed E-state index contributed by atoms with van der Waals surface area (Å²) in [5, 5.41) is 2.00. The van der Waals surface area contributed by atoms with Gasteiger partial charge in [0.05, 0.1) is 6.61 Å². The number of rotatable bonds is 8. The van der Waals surface area contributed by atoms with Gasteiger partial charge in [0.2, 0.25) is 0 Å². The third-order valence-corrected chi connectivity index (χ3v) is 5.02. The zero-order valence-electron chi connectivity index (χ0n) is 17.4. The van der Waals surface area contributed by atoms with Gasteiger partial charge in [-0.05, 0) is 53.0 Å². The van der Waals surface area contributed by atoms with E-state index in [1.165, 1.54) is 6.08 Å². The largest absolute Gasteiger partial charge is 0.463 e. The van der Waals surface area contributed by atoms with Crippen molar-refractivity contribution in [3.05, 3.63) is 95.1 Å². The molecule has 0 bridgehead atoms. The van der Waals surface area contributed by atoms with E-state index in [1.54, 1.807) is 6.08 Å². The van der Waals surface area contributed by atoms with Gasteiger partial charge in [0.15, 0.2) is 6.29 Å². The maximum atomic E-state index is 12.2. The lowest BCUT2D eigenvalue weighted by atomic mass is 9.91. The zero-order chi connectivity index (χ0) is 21.3. The molecule has 0 N–H and O–H groups in total. The second-order valence-corrected chi connectivity index (χ2v) is 7.18. The van der Waals surface area contributed by atoms with E-state index in [-0.39, 0.29) is 5.97 Å². The standard InChI is InChI=1S/C27H26O3/c1-3-4-17-30-26(29)16-15-23(18-22-11-6-5-9-20(22)2)27-24(19-28)14-13-21-10-7-8-12-25(21)27/h5-16,18-19H,3-4,17H2,1-2H3/b16-15+,23-18-. The van der Waals surface area contributed by atoms with Crippen LogP contribution in [0.5, 0.6) is 0 Å². The summed E-state index contributed by atoms with van der Waals surface area (Å²) in [6.45, 7) is 4.49. The molecule has 3 rings (SSSR count). The fourth-order valence-corrected chi connectivity index (χ4v) is 3.35. The van der Waals surface area contributed by atoms with Crippen molar-refractivity contribution in [3.63, 3.8) is 0 Å². The highest BCUT2D eigenvalue weighted by Gasteiger charge is 2.12. The Morgan fingerprint density at radius 2 is 1.70 bits per heavy atom. The van der Waals surface area contributed by atoms with Crippen molar-refractivity contribution in [2.75, 3.05) is 6.61 Å². The van der Waals surface area contributed by atoms with Gasteiger partial charge in [0.25, 0.3) is 0 Å². The molecule has 0 aliphatic rings. The maximum Gasteiger partial charge on any atom is 0.330 e. The van der Waals surface area contributed by atoms with Crippen LogP contribution in [0.3, 0.4) is 0 Å². The smallest absolute Gasteiger partial charge is 0.330 e. The van der Waals surface area contributed by atoms with Crippen LogP contribution < -0.4 is 0 Å². The SMILES string of the molecule is CCCCOC(=O)/C=C/C(=C/c1ccccc1C)c1c(C=O)ccc2ccccc12. The highest BCUT2D eigenvalue weighted by molar-refractivity contribution is 6.07. The first-order valence-corrected chi connectivity index (χ1v) is 10.2. The summed E-state index contributed by atoms with van der Waals surface area (Å²) >= 11 is 0. The van der Waals surface area contributed by atoms with Crippen molar-refractivity contribution in [3.8, 4) is 0 Å². The number of carbonyl (C=O) groups excluding carboxylic acids is 2. The van der Waals surface area contributed by atoms with E-state index >= 15 is 0 Å². The Morgan fingerprint density at radius 3 is 2.47 bits per heavy atom. The summed E-state index contributed by atoms with van der Waals surface area (Å²) in [7, 11) is 0. The van der Waals surface area contributed by atoms with Gasteiger partial charge in [0.1, 0.15) is 0 Å². The Hall–Kier alpha value is -3.46. The number of carbonyl (C=O) groups is 2. The first-order chi connectivity index (χ1) is 14.6. The summed E-state index contributed by atoms with van der Waals surface area (Å²) < 4.78 is 5.26. The summed E-state index contributed by atoms with van der Waals surface area (Å²) in [5.74, 6) is -0.382. The van der Waals surface area contributed by atoms with E-state index < -0.39 is 0 Å². The second kappa shape index (κ2) is 10.4. The predicted octanol–water partition coefficient (Wildman–Crippen LogP) is 6.40. The molecule has 3 aromatic rings. The average Bonchev–Trinajstić information content (AvgIpc) is 2.77. The van der Waals surface area contributed by atoms with E-state index in [9.17, 15) is 9.59 Å². The van der Waals surface area contributed by atoms with Gasteiger partial charge in [-0.1, -0.05) is 74.0 Å². The molecule has 0 spiro atoms. The van der Waals surface area contributed by atoms with E-state index in [0.717, 1.165) is 52.2 Å². The van der Waals surface area contributed by atoms with Crippen molar-refractivity contribution in [1.29, 1.82) is 0 Å². The lowest BCUT2D eigenvalue weighted by Crippen LogP contribution is -2.02. The summed E-state index contributed by atoms with van der Waals surface area (Å²) in [4.78, 5) is 24.0.